The van der Waals surface area contributed by atoms with Crippen LogP contribution >= 0.6 is 12.2 Å². The summed E-state index contributed by atoms with van der Waals surface area (Å²) >= 11 is 5.10. The molecule has 0 aliphatic carbocycles. The van der Waals surface area contributed by atoms with Gasteiger partial charge in [0.25, 0.3) is 0 Å². The van der Waals surface area contributed by atoms with Gasteiger partial charge < -0.3 is 4.57 Å². The molecule has 0 aromatic carbocycles. The van der Waals surface area contributed by atoms with Crippen molar-refractivity contribution in [2.75, 3.05) is 0 Å². The first-order chi connectivity index (χ1) is 5.83. The fraction of sp³-hybridized carbons (Fsp3) is 0.250. The number of rotatable bonds is 1. The minimum atomic E-state index is 0.750. The van der Waals surface area contributed by atoms with Crippen molar-refractivity contribution in [2.45, 2.75) is 13.5 Å². The van der Waals surface area contributed by atoms with E-state index in [1.165, 1.54) is 0 Å². The van der Waals surface area contributed by atoms with Gasteiger partial charge in [-0.25, -0.2) is 4.52 Å². The first kappa shape index (κ1) is 7.49. The minimum absolute atomic E-state index is 0.750. The summed E-state index contributed by atoms with van der Waals surface area (Å²) in [5, 5.41) is 4.12. The molecule has 12 heavy (non-hydrogen) atoms. The van der Waals surface area contributed by atoms with E-state index in [1.807, 2.05) is 18.3 Å². The second-order valence-corrected chi connectivity index (χ2v) is 2.96. The first-order valence-electron chi connectivity index (χ1n) is 3.86. The Morgan fingerprint density at radius 3 is 3.08 bits per heavy atom. The Bertz CT molecular complexity index is 455. The highest BCUT2D eigenvalue weighted by Gasteiger charge is 1.97. The van der Waals surface area contributed by atoms with Crippen molar-refractivity contribution in [2.24, 2.45) is 0 Å². The number of hydrogen-bond donors (Lipinski definition) is 0. The molecule has 62 valence electrons. The van der Waals surface area contributed by atoms with Gasteiger partial charge in [0.05, 0.1) is 6.20 Å². The molecule has 0 unspecified atom stereocenters. The average Bonchev–Trinajstić information content (AvgIpc) is 2.54. The van der Waals surface area contributed by atoms with Crippen molar-refractivity contribution in [3.8, 4) is 0 Å². The molecule has 0 spiro atoms. The Hall–Kier alpha value is -1.16. The smallest absolute Gasteiger partial charge is 0.137 e. The van der Waals surface area contributed by atoms with Gasteiger partial charge in [-0.05, 0) is 13.0 Å². The van der Waals surface area contributed by atoms with Crippen molar-refractivity contribution in [1.82, 2.24) is 14.2 Å². The summed E-state index contributed by atoms with van der Waals surface area (Å²) < 4.78 is 4.61. The molecule has 0 aliphatic rings. The zero-order chi connectivity index (χ0) is 8.55. The van der Waals surface area contributed by atoms with Crippen molar-refractivity contribution < 1.29 is 0 Å². The van der Waals surface area contributed by atoms with E-state index in [0.717, 1.165) is 16.8 Å². The molecule has 0 aliphatic heterocycles. The van der Waals surface area contributed by atoms with E-state index in [-0.39, 0.29) is 0 Å². The van der Waals surface area contributed by atoms with Gasteiger partial charge in [0.2, 0.25) is 0 Å². The van der Waals surface area contributed by atoms with Crippen LogP contribution in [0.4, 0.5) is 0 Å². The van der Waals surface area contributed by atoms with Gasteiger partial charge in [0.1, 0.15) is 10.3 Å². The predicted octanol–water partition coefficient (Wildman–Crippen LogP) is 1.89. The molecule has 0 atom stereocenters. The summed E-state index contributed by atoms with van der Waals surface area (Å²) in [7, 11) is 0. The molecule has 2 heterocycles. The predicted molar refractivity (Wildman–Crippen MR) is 49.7 cm³/mol. The van der Waals surface area contributed by atoms with Crippen molar-refractivity contribution in [1.29, 1.82) is 0 Å². The van der Waals surface area contributed by atoms with E-state index >= 15 is 0 Å². The van der Waals surface area contributed by atoms with Crippen LogP contribution in [0.2, 0.25) is 0 Å². The minimum Gasteiger partial charge on any atom is -0.333 e. The van der Waals surface area contributed by atoms with Crippen LogP contribution in [-0.4, -0.2) is 14.2 Å². The quantitative estimate of drug-likeness (QED) is 0.624. The zero-order valence-electron chi connectivity index (χ0n) is 6.77. The highest BCUT2D eigenvalue weighted by Crippen LogP contribution is 2.03. The maximum absolute atomic E-state index is 5.10. The third-order valence-corrected chi connectivity index (χ3v) is 2.17. The molecule has 2 rings (SSSR count). The van der Waals surface area contributed by atoms with Crippen LogP contribution < -0.4 is 0 Å². The van der Waals surface area contributed by atoms with E-state index in [0.29, 0.717) is 0 Å². The maximum atomic E-state index is 5.10. The van der Waals surface area contributed by atoms with Crippen LogP contribution in [-0.2, 0) is 6.54 Å². The molecule has 0 amide bonds. The van der Waals surface area contributed by atoms with Crippen LogP contribution in [0.15, 0.2) is 24.5 Å². The van der Waals surface area contributed by atoms with Gasteiger partial charge in [-0.3, -0.25) is 0 Å². The van der Waals surface area contributed by atoms with Crippen molar-refractivity contribution in [3.05, 3.63) is 29.2 Å². The lowest BCUT2D eigenvalue weighted by atomic mass is 10.5. The lowest BCUT2D eigenvalue weighted by Crippen LogP contribution is -2.01. The fourth-order valence-corrected chi connectivity index (χ4v) is 1.45. The van der Waals surface area contributed by atoms with Crippen molar-refractivity contribution >= 4 is 17.9 Å². The van der Waals surface area contributed by atoms with Gasteiger partial charge in [-0.2, -0.15) is 5.10 Å². The van der Waals surface area contributed by atoms with E-state index in [1.54, 1.807) is 10.7 Å². The summed E-state index contributed by atoms with van der Waals surface area (Å²) in [6, 6.07) is 3.85. The number of aromatic nitrogens is 3. The van der Waals surface area contributed by atoms with Gasteiger partial charge in [0.15, 0.2) is 0 Å². The van der Waals surface area contributed by atoms with E-state index in [4.69, 9.17) is 12.2 Å². The molecule has 2 aromatic rings. The average molecular weight is 179 g/mol. The Kier molecular flexibility index (Phi) is 1.69. The molecule has 0 radical (unpaired) electrons. The van der Waals surface area contributed by atoms with Gasteiger partial charge in [-0.15, -0.1) is 0 Å². The summed E-state index contributed by atoms with van der Waals surface area (Å²) in [5.74, 6) is 0. The second-order valence-electron chi connectivity index (χ2n) is 2.54. The van der Waals surface area contributed by atoms with Crippen molar-refractivity contribution in [3.63, 3.8) is 0 Å². The Labute approximate surface area is 75.3 Å². The summed E-state index contributed by atoms with van der Waals surface area (Å²) in [6.45, 7) is 3.03. The second kappa shape index (κ2) is 2.71. The maximum Gasteiger partial charge on any atom is 0.137 e. The molecular formula is C8H9N3S. The number of hydrogen-bond acceptors (Lipinski definition) is 2. The van der Waals surface area contributed by atoms with Crippen LogP contribution in [0.3, 0.4) is 0 Å². The van der Waals surface area contributed by atoms with Crippen LogP contribution in [0.25, 0.3) is 5.65 Å². The molecule has 3 nitrogen and oxygen atoms in total. The van der Waals surface area contributed by atoms with E-state index < -0.39 is 0 Å². The Balaban J connectivity index is 2.92. The largest absolute Gasteiger partial charge is 0.333 e. The Morgan fingerprint density at radius 2 is 2.33 bits per heavy atom. The van der Waals surface area contributed by atoms with Gasteiger partial charge in [-0.1, -0.05) is 12.2 Å². The highest BCUT2D eigenvalue weighted by molar-refractivity contribution is 7.71. The molecule has 2 aromatic heterocycles. The SMILES string of the molecule is CCn1ccc(=S)n2nccc12. The monoisotopic (exact) mass is 179 g/mol. The third-order valence-electron chi connectivity index (χ3n) is 1.86. The first-order valence-corrected chi connectivity index (χ1v) is 4.27. The van der Waals surface area contributed by atoms with Crippen LogP contribution in [0, 0.1) is 4.64 Å². The molecule has 0 saturated heterocycles. The van der Waals surface area contributed by atoms with Crippen LogP contribution in [0.1, 0.15) is 6.92 Å². The number of nitrogens with zero attached hydrogens (tertiary/aromatic N) is 3. The molecule has 4 heteroatoms. The number of fused-ring (bicyclic) bond motifs is 1. The standard InChI is InChI=1S/C8H9N3S/c1-2-10-6-4-8(12)11-7(10)3-5-9-11/h3-6H,2H2,1H3. The zero-order valence-corrected chi connectivity index (χ0v) is 7.58. The van der Waals surface area contributed by atoms with E-state index in [9.17, 15) is 0 Å². The lowest BCUT2D eigenvalue weighted by Gasteiger charge is -2.04. The number of aryl methyl sites for hydroxylation is 1. The summed E-state index contributed by atoms with van der Waals surface area (Å²) in [4.78, 5) is 0. The van der Waals surface area contributed by atoms with E-state index in [2.05, 4.69) is 16.6 Å². The van der Waals surface area contributed by atoms with Gasteiger partial charge in [0, 0.05) is 18.8 Å². The normalized spacial score (nSPS) is 10.8. The summed E-state index contributed by atoms with van der Waals surface area (Å²) in [6.07, 6.45) is 3.75. The molecule has 0 fully saturated rings. The topological polar surface area (TPSA) is 22.2 Å². The molecule has 0 N–H and O–H groups in total. The fourth-order valence-electron chi connectivity index (χ4n) is 1.25. The highest BCUT2D eigenvalue weighted by atomic mass is 32.1. The molecule has 0 saturated carbocycles. The lowest BCUT2D eigenvalue weighted by molar-refractivity contribution is 0.745. The third kappa shape index (κ3) is 0.956. The summed E-state index contributed by atoms with van der Waals surface area (Å²) in [5.41, 5.74) is 1.05. The molecule has 0 bridgehead atoms. The molecular weight excluding hydrogens is 170 g/mol. The van der Waals surface area contributed by atoms with Gasteiger partial charge >= 0.3 is 0 Å². The Morgan fingerprint density at radius 1 is 1.50 bits per heavy atom. The van der Waals surface area contributed by atoms with Crippen LogP contribution in [0.5, 0.6) is 0 Å².